The molecule has 3 aromatic carbocycles. The van der Waals surface area contributed by atoms with Crippen molar-refractivity contribution >= 4 is 39.1 Å². The number of nitrogens with one attached hydrogen (secondary N) is 2. The molecule has 0 unspecified atom stereocenters. The number of H-pyrrole nitrogens is 1. The normalized spacial score (nSPS) is 10.8. The third-order valence-electron chi connectivity index (χ3n) is 4.08. The zero-order valence-corrected chi connectivity index (χ0v) is 12.7. The fraction of sp³-hybridized carbons (Fsp3) is 0. The molecule has 0 saturated carbocycles. The Balaban J connectivity index is 1.67. The monoisotopic (exact) mass is 314 g/mol. The van der Waals surface area contributed by atoms with Gasteiger partial charge in [0.15, 0.2) is 0 Å². The third-order valence-corrected chi connectivity index (χ3v) is 4.08. The second kappa shape index (κ2) is 5.66. The number of anilines is 1. The lowest BCUT2D eigenvalue weighted by Gasteiger charge is -2.08. The summed E-state index contributed by atoms with van der Waals surface area (Å²) in [6, 6.07) is 20.7. The fourth-order valence-electron chi connectivity index (χ4n) is 2.90. The lowest BCUT2D eigenvalue weighted by atomic mass is 10.1. The zero-order chi connectivity index (χ0) is 16.5. The van der Waals surface area contributed by atoms with Gasteiger partial charge in [0.1, 0.15) is 0 Å². The van der Waals surface area contributed by atoms with Crippen molar-refractivity contribution in [2.24, 2.45) is 0 Å². The van der Waals surface area contributed by atoms with Crippen LogP contribution in [0.15, 0.2) is 72.9 Å². The van der Waals surface area contributed by atoms with Gasteiger partial charge in [-0.15, -0.1) is 0 Å². The van der Waals surface area contributed by atoms with Gasteiger partial charge in [-0.2, -0.15) is 0 Å². The van der Waals surface area contributed by atoms with Crippen LogP contribution >= 0.6 is 0 Å². The summed E-state index contributed by atoms with van der Waals surface area (Å²) < 4.78 is 0. The lowest BCUT2D eigenvalue weighted by Crippen LogP contribution is -2.22. The van der Waals surface area contributed by atoms with Crippen molar-refractivity contribution in [2.45, 2.75) is 0 Å². The zero-order valence-electron chi connectivity index (χ0n) is 12.7. The number of hydrogen-bond acceptors (Lipinski definition) is 2. The molecule has 2 N–H and O–H groups in total. The van der Waals surface area contributed by atoms with Gasteiger partial charge >= 0.3 is 0 Å². The first kappa shape index (κ1) is 14.2. The van der Waals surface area contributed by atoms with Crippen LogP contribution in [0.2, 0.25) is 0 Å². The Morgan fingerprint density at radius 3 is 2.38 bits per heavy atom. The average Bonchev–Trinajstić information content (AvgIpc) is 3.05. The Morgan fingerprint density at radius 2 is 1.50 bits per heavy atom. The average molecular weight is 314 g/mol. The molecule has 4 aromatic rings. The van der Waals surface area contributed by atoms with Crippen LogP contribution in [-0.2, 0) is 4.79 Å². The Bertz CT molecular complexity index is 1070. The van der Waals surface area contributed by atoms with E-state index in [9.17, 15) is 9.59 Å². The van der Waals surface area contributed by atoms with E-state index in [2.05, 4.69) is 10.3 Å². The van der Waals surface area contributed by atoms with Gasteiger partial charge in [0.05, 0.1) is 5.56 Å². The van der Waals surface area contributed by atoms with Gasteiger partial charge in [0.25, 0.3) is 11.7 Å². The van der Waals surface area contributed by atoms with E-state index in [4.69, 9.17) is 0 Å². The topological polar surface area (TPSA) is 62.0 Å². The number of carbonyl (C=O) groups excluding carboxylic acids is 2. The lowest BCUT2D eigenvalue weighted by molar-refractivity contribution is -0.112. The Morgan fingerprint density at radius 1 is 0.792 bits per heavy atom. The molecule has 1 amide bonds. The van der Waals surface area contributed by atoms with Gasteiger partial charge in [0, 0.05) is 28.2 Å². The number of aromatic nitrogens is 1. The summed E-state index contributed by atoms with van der Waals surface area (Å²) >= 11 is 0. The van der Waals surface area contributed by atoms with Crippen LogP contribution in [0.1, 0.15) is 10.4 Å². The van der Waals surface area contributed by atoms with E-state index in [-0.39, 0.29) is 0 Å². The van der Waals surface area contributed by atoms with Crippen LogP contribution in [-0.4, -0.2) is 16.7 Å². The van der Waals surface area contributed by atoms with Crippen LogP contribution in [0, 0.1) is 0 Å². The number of aromatic amines is 1. The Kier molecular flexibility index (Phi) is 3.35. The Labute approximate surface area is 138 Å². The molecule has 0 saturated heterocycles. The first-order valence-corrected chi connectivity index (χ1v) is 7.63. The van der Waals surface area contributed by atoms with E-state index in [1.165, 1.54) is 0 Å². The van der Waals surface area contributed by atoms with E-state index in [1.807, 2.05) is 60.7 Å². The molecule has 0 radical (unpaired) electrons. The minimum atomic E-state index is -0.642. The van der Waals surface area contributed by atoms with Gasteiger partial charge in [-0.3, -0.25) is 9.59 Å². The molecule has 0 spiro atoms. The minimum Gasteiger partial charge on any atom is -0.360 e. The molecule has 1 aromatic heterocycles. The molecule has 0 bridgehead atoms. The first-order chi connectivity index (χ1) is 11.7. The van der Waals surface area contributed by atoms with Crippen molar-refractivity contribution in [1.82, 2.24) is 4.98 Å². The van der Waals surface area contributed by atoms with Crippen molar-refractivity contribution in [3.63, 3.8) is 0 Å². The van der Waals surface area contributed by atoms with E-state index in [0.717, 1.165) is 21.7 Å². The maximum atomic E-state index is 12.5. The maximum absolute atomic E-state index is 12.5. The standard InChI is InChI=1S/C20H14N2O2/c23-19(16-12-21-17-10-4-3-9-15(16)17)20(24)22-18-11-5-7-13-6-1-2-8-14(13)18/h1-12,21H,(H,22,24). The van der Waals surface area contributed by atoms with E-state index < -0.39 is 11.7 Å². The predicted molar refractivity (Wildman–Crippen MR) is 95.2 cm³/mol. The Hall–Kier alpha value is -3.40. The van der Waals surface area contributed by atoms with Crippen LogP contribution in [0.5, 0.6) is 0 Å². The van der Waals surface area contributed by atoms with Crippen molar-refractivity contribution in [2.75, 3.05) is 5.32 Å². The molecule has 24 heavy (non-hydrogen) atoms. The molecule has 116 valence electrons. The number of carbonyl (C=O) groups is 2. The van der Waals surface area contributed by atoms with Gasteiger partial charge in [0.2, 0.25) is 0 Å². The van der Waals surface area contributed by atoms with E-state index >= 15 is 0 Å². The highest BCUT2D eigenvalue weighted by molar-refractivity contribution is 6.48. The van der Waals surface area contributed by atoms with Gasteiger partial charge in [-0.05, 0) is 17.5 Å². The number of para-hydroxylation sites is 1. The highest BCUT2D eigenvalue weighted by Crippen LogP contribution is 2.24. The summed E-state index contributed by atoms with van der Waals surface area (Å²) in [5.74, 6) is -1.20. The summed E-state index contributed by atoms with van der Waals surface area (Å²) in [4.78, 5) is 28.0. The summed E-state index contributed by atoms with van der Waals surface area (Å²) in [6.07, 6.45) is 1.58. The van der Waals surface area contributed by atoms with Gasteiger partial charge in [-0.1, -0.05) is 54.6 Å². The van der Waals surface area contributed by atoms with Crippen molar-refractivity contribution < 1.29 is 9.59 Å². The quantitative estimate of drug-likeness (QED) is 0.441. The molecule has 1 heterocycles. The van der Waals surface area contributed by atoms with Crippen LogP contribution in [0.3, 0.4) is 0 Å². The summed E-state index contributed by atoms with van der Waals surface area (Å²) in [7, 11) is 0. The summed E-state index contributed by atoms with van der Waals surface area (Å²) in [5, 5.41) is 5.39. The predicted octanol–water partition coefficient (Wildman–Crippen LogP) is 4.14. The number of Topliss-reactive ketones (excluding diaryl/α,β-unsaturated/α-hetero) is 1. The highest BCUT2D eigenvalue weighted by Gasteiger charge is 2.20. The smallest absolute Gasteiger partial charge is 0.296 e. The van der Waals surface area contributed by atoms with E-state index in [1.54, 1.807) is 12.3 Å². The number of amides is 1. The summed E-state index contributed by atoms with van der Waals surface area (Å²) in [6.45, 7) is 0. The first-order valence-electron chi connectivity index (χ1n) is 7.63. The number of hydrogen-bond donors (Lipinski definition) is 2. The third kappa shape index (κ3) is 2.34. The largest absolute Gasteiger partial charge is 0.360 e. The second-order valence-electron chi connectivity index (χ2n) is 5.56. The maximum Gasteiger partial charge on any atom is 0.296 e. The number of ketones is 1. The highest BCUT2D eigenvalue weighted by atomic mass is 16.2. The van der Waals surface area contributed by atoms with Crippen LogP contribution in [0.4, 0.5) is 5.69 Å². The van der Waals surface area contributed by atoms with Gasteiger partial charge in [-0.25, -0.2) is 0 Å². The molecule has 0 fully saturated rings. The summed E-state index contributed by atoms with van der Waals surface area (Å²) in [5.41, 5.74) is 1.84. The molecule has 0 aliphatic carbocycles. The number of rotatable bonds is 3. The number of fused-ring (bicyclic) bond motifs is 2. The molecule has 4 heteroatoms. The SMILES string of the molecule is O=C(Nc1cccc2ccccc12)C(=O)c1c[nH]c2ccccc12. The minimum absolute atomic E-state index is 0.378. The number of benzene rings is 3. The van der Waals surface area contributed by atoms with Crippen LogP contribution in [0.25, 0.3) is 21.7 Å². The fourth-order valence-corrected chi connectivity index (χ4v) is 2.90. The molecule has 0 atom stereocenters. The van der Waals surface area contributed by atoms with Crippen molar-refractivity contribution in [1.29, 1.82) is 0 Å². The van der Waals surface area contributed by atoms with Crippen LogP contribution < -0.4 is 5.32 Å². The second-order valence-corrected chi connectivity index (χ2v) is 5.56. The van der Waals surface area contributed by atoms with Crippen molar-refractivity contribution in [3.05, 3.63) is 78.5 Å². The molecular weight excluding hydrogens is 300 g/mol. The molecule has 4 nitrogen and oxygen atoms in total. The van der Waals surface area contributed by atoms with Gasteiger partial charge < -0.3 is 10.3 Å². The molecule has 4 rings (SSSR count). The van der Waals surface area contributed by atoms with Crippen molar-refractivity contribution in [3.8, 4) is 0 Å². The molecular formula is C20H14N2O2. The molecule has 0 aliphatic rings. The van der Waals surface area contributed by atoms with E-state index in [0.29, 0.717) is 11.3 Å². The molecule has 0 aliphatic heterocycles.